The van der Waals surface area contributed by atoms with E-state index in [0.29, 0.717) is 18.4 Å². The lowest BCUT2D eigenvalue weighted by Gasteiger charge is -2.30. The van der Waals surface area contributed by atoms with Crippen LogP contribution in [-0.4, -0.2) is 61.4 Å². The van der Waals surface area contributed by atoms with Gasteiger partial charge < -0.3 is 10.2 Å². The predicted molar refractivity (Wildman–Crippen MR) is 104 cm³/mol. The minimum atomic E-state index is -0.485. The summed E-state index contributed by atoms with van der Waals surface area (Å²) >= 11 is 0. The summed E-state index contributed by atoms with van der Waals surface area (Å²) in [5.41, 5.74) is 1.67. The lowest BCUT2D eigenvalue weighted by molar-refractivity contribution is -0.379. The molecule has 0 aromatic carbocycles. The van der Waals surface area contributed by atoms with Crippen LogP contribution in [0.25, 0.3) is 11.6 Å². The van der Waals surface area contributed by atoms with Crippen molar-refractivity contribution >= 4 is 11.5 Å². The average Bonchev–Trinajstić information content (AvgIpc) is 3.37. The summed E-state index contributed by atoms with van der Waals surface area (Å²) in [6.07, 6.45) is 12.5. The molecule has 5 rings (SSSR count). The van der Waals surface area contributed by atoms with Crippen LogP contribution in [0.2, 0.25) is 0 Å². The smallest absolute Gasteiger partial charge is 0.328 e. The first-order chi connectivity index (χ1) is 14.2. The number of hydrogen-bond donors (Lipinski definition) is 1. The second kappa shape index (κ2) is 7.28. The molecular weight excluding hydrogens is 373 g/mol. The van der Waals surface area contributed by atoms with Crippen molar-refractivity contribution in [3.63, 3.8) is 0 Å². The first kappa shape index (κ1) is 17.8. The van der Waals surface area contributed by atoms with Gasteiger partial charge in [0.15, 0.2) is 17.8 Å². The number of aromatic nitrogens is 4. The summed E-state index contributed by atoms with van der Waals surface area (Å²) < 4.78 is 16.4. The molecule has 0 amide bonds. The van der Waals surface area contributed by atoms with Crippen molar-refractivity contribution < 1.29 is 9.09 Å². The quantitative estimate of drug-likeness (QED) is 0.801. The highest BCUT2D eigenvalue weighted by atomic mass is 19.1. The van der Waals surface area contributed by atoms with E-state index in [1.54, 1.807) is 18.6 Å². The molecule has 0 unspecified atom stereocenters. The molecule has 10 heteroatoms. The monoisotopic (exact) mass is 394 g/mol. The molecule has 2 aromatic heterocycles. The van der Waals surface area contributed by atoms with Crippen LogP contribution in [0.1, 0.15) is 24.8 Å². The van der Waals surface area contributed by atoms with Gasteiger partial charge in [-0.1, -0.05) is 9.81 Å². The van der Waals surface area contributed by atoms with E-state index in [2.05, 4.69) is 43.4 Å². The van der Waals surface area contributed by atoms with Crippen LogP contribution < -0.4 is 5.32 Å². The Balaban J connectivity index is 1.34. The fourth-order valence-electron chi connectivity index (χ4n) is 3.61. The Bertz CT molecular complexity index is 1040. The van der Waals surface area contributed by atoms with Gasteiger partial charge in [-0.25, -0.2) is 19.0 Å². The molecule has 29 heavy (non-hydrogen) atoms. The maximum Gasteiger partial charge on any atom is 0.328 e. The van der Waals surface area contributed by atoms with E-state index >= 15 is 0 Å². The van der Waals surface area contributed by atoms with Crippen LogP contribution in [0.15, 0.2) is 53.0 Å². The highest BCUT2D eigenvalue weighted by Gasteiger charge is 2.33. The third kappa shape index (κ3) is 3.58. The minimum Gasteiger partial charge on any atom is -0.364 e. The number of fused-ring (bicyclic) bond motifs is 1. The molecule has 3 aliphatic heterocycles. The number of rotatable bonds is 4. The third-order valence-electron chi connectivity index (χ3n) is 5.25. The second-order valence-corrected chi connectivity index (χ2v) is 7.36. The molecule has 0 aliphatic carbocycles. The number of piperidine rings is 1. The predicted octanol–water partition coefficient (Wildman–Crippen LogP) is 1.91. The fourth-order valence-corrected chi connectivity index (χ4v) is 3.61. The maximum absolute atomic E-state index is 13.1. The number of likely N-dealkylation sites (tertiary alicyclic amines) is 1. The summed E-state index contributed by atoms with van der Waals surface area (Å²) in [4.78, 5) is 14.8. The molecule has 9 nitrogen and oxygen atoms in total. The molecule has 2 aromatic rings. The normalized spacial score (nSPS) is 19.9. The largest absolute Gasteiger partial charge is 0.364 e. The van der Waals surface area contributed by atoms with E-state index < -0.39 is 5.82 Å². The highest BCUT2D eigenvalue weighted by Crippen LogP contribution is 2.26. The lowest BCUT2D eigenvalue weighted by Crippen LogP contribution is -2.40. The summed E-state index contributed by atoms with van der Waals surface area (Å²) in [6, 6.07) is 0.438. The molecule has 1 saturated heterocycles. The van der Waals surface area contributed by atoms with E-state index in [1.807, 2.05) is 4.70 Å². The summed E-state index contributed by atoms with van der Waals surface area (Å²) in [6.45, 7) is 2.19. The number of hydrogen-bond acceptors (Lipinski definition) is 7. The molecule has 3 aliphatic rings. The summed E-state index contributed by atoms with van der Waals surface area (Å²) in [5.74, 6) is 1.57. The first-order valence-electron chi connectivity index (χ1n) is 9.62. The zero-order chi connectivity index (χ0) is 19.8. The van der Waals surface area contributed by atoms with Crippen molar-refractivity contribution in [3.8, 4) is 5.95 Å². The second-order valence-electron chi connectivity index (χ2n) is 7.36. The Hall–Kier alpha value is -3.27. The maximum atomic E-state index is 13.1. The van der Waals surface area contributed by atoms with Crippen molar-refractivity contribution in [1.82, 2.24) is 30.0 Å². The Morgan fingerprint density at radius 3 is 2.76 bits per heavy atom. The van der Waals surface area contributed by atoms with Gasteiger partial charge >= 0.3 is 5.84 Å². The van der Waals surface area contributed by atoms with Gasteiger partial charge in [0.05, 0.1) is 30.6 Å². The van der Waals surface area contributed by atoms with Gasteiger partial charge in [-0.2, -0.15) is 5.10 Å². The molecule has 5 heterocycles. The lowest BCUT2D eigenvalue weighted by atomic mass is 10.1. The van der Waals surface area contributed by atoms with Gasteiger partial charge in [0.2, 0.25) is 5.70 Å². The molecule has 0 radical (unpaired) electrons. The molecule has 0 atom stereocenters. The zero-order valence-corrected chi connectivity index (χ0v) is 16.0. The van der Waals surface area contributed by atoms with Gasteiger partial charge in [0, 0.05) is 12.2 Å². The van der Waals surface area contributed by atoms with E-state index in [4.69, 9.17) is 5.11 Å². The molecule has 0 bridgehead atoms. The Kier molecular flexibility index (Phi) is 4.47. The van der Waals surface area contributed by atoms with Crippen LogP contribution in [0.5, 0.6) is 0 Å². The third-order valence-corrected chi connectivity index (χ3v) is 5.25. The van der Waals surface area contributed by atoms with Crippen LogP contribution in [0, 0.1) is 5.82 Å². The van der Waals surface area contributed by atoms with E-state index in [9.17, 15) is 4.39 Å². The molecule has 0 spiro atoms. The van der Waals surface area contributed by atoms with Crippen LogP contribution >= 0.6 is 0 Å². The van der Waals surface area contributed by atoms with Crippen molar-refractivity contribution in [1.29, 1.82) is 0 Å². The molecular formula is C19H21FN9+. The van der Waals surface area contributed by atoms with Crippen LogP contribution in [0.4, 0.5) is 4.39 Å². The topological polar surface area (TPSA) is 86.6 Å². The number of nitrogens with one attached hydrogen (secondary N) is 1. The number of aliphatic imine (C=N–C) groups is 1. The average molecular weight is 394 g/mol. The van der Waals surface area contributed by atoms with Gasteiger partial charge in [-0.05, 0) is 44.0 Å². The van der Waals surface area contributed by atoms with E-state index in [-0.39, 0.29) is 0 Å². The Labute approximate surface area is 167 Å². The Morgan fingerprint density at radius 1 is 1.17 bits per heavy atom. The van der Waals surface area contributed by atoms with Gasteiger partial charge in [-0.15, -0.1) is 0 Å². The van der Waals surface area contributed by atoms with Gasteiger partial charge in [0.25, 0.3) is 5.95 Å². The zero-order valence-electron chi connectivity index (χ0n) is 16.0. The molecule has 148 valence electrons. The molecule has 0 saturated carbocycles. The van der Waals surface area contributed by atoms with Gasteiger partial charge in [-0.3, -0.25) is 0 Å². The van der Waals surface area contributed by atoms with Crippen LogP contribution in [0.3, 0.4) is 0 Å². The van der Waals surface area contributed by atoms with Crippen molar-refractivity contribution in [2.45, 2.75) is 25.3 Å². The molecule has 1 fully saturated rings. The summed E-state index contributed by atoms with van der Waals surface area (Å²) in [7, 11) is 2.15. The Morgan fingerprint density at radius 2 is 1.97 bits per heavy atom. The molecule has 1 N–H and O–H groups in total. The van der Waals surface area contributed by atoms with E-state index in [0.717, 1.165) is 61.2 Å². The van der Waals surface area contributed by atoms with E-state index in [1.165, 1.54) is 4.68 Å². The van der Waals surface area contributed by atoms with Crippen molar-refractivity contribution in [2.24, 2.45) is 10.1 Å². The standard InChI is InChI=1S/C19H21FN9/c1-27-6-4-15(5-7-27)25-17-2-3-18-21-11-16(29(18)26-17)13-8-24-28(12-13)19-22-9-14(20)10-23-19/h2,8-12,15,25H,3-7H2,1H3/q+1. The van der Waals surface area contributed by atoms with Crippen molar-refractivity contribution in [2.75, 3.05) is 20.1 Å². The van der Waals surface area contributed by atoms with Crippen molar-refractivity contribution in [3.05, 3.63) is 54.3 Å². The first-order valence-corrected chi connectivity index (χ1v) is 9.62. The van der Waals surface area contributed by atoms with Gasteiger partial charge in [0.1, 0.15) is 0 Å². The SMILES string of the molecule is CN1CCC(NC2=CCC3=NC=C(c4cnn(-c5ncc(F)cn5)c4)[N+]3=N2)CC1. The highest BCUT2D eigenvalue weighted by molar-refractivity contribution is 5.85. The fraction of sp³-hybridized carbons (Fsp3) is 0.368. The summed E-state index contributed by atoms with van der Waals surface area (Å²) in [5, 5.41) is 12.6. The van der Waals surface area contributed by atoms with Crippen LogP contribution in [-0.2, 0) is 0 Å². The number of halogens is 1. The number of nitrogens with zero attached hydrogens (tertiary/aromatic N) is 8. The minimum absolute atomic E-state index is 0.303. The number of amidine groups is 1. The number of azo groups is 2.